The zero-order valence-electron chi connectivity index (χ0n) is 6.67. The van der Waals surface area contributed by atoms with Crippen molar-refractivity contribution >= 4 is 13.3 Å². The summed E-state index contributed by atoms with van der Waals surface area (Å²) in [4.78, 5) is 4.21. The number of aryl methyl sites for hydroxylation is 1. The predicted octanol–water partition coefficient (Wildman–Crippen LogP) is 1.06. The van der Waals surface area contributed by atoms with Gasteiger partial charge in [0, 0.05) is 11.9 Å². The zero-order chi connectivity index (χ0) is 7.84. The van der Waals surface area contributed by atoms with Gasteiger partial charge in [-0.2, -0.15) is 0 Å². The average molecular weight is 143 g/mol. The number of hydrogen-bond donors (Lipinski definition) is 0. The van der Waals surface area contributed by atoms with Crippen LogP contribution in [-0.4, -0.2) is 12.8 Å². The second-order valence-electron chi connectivity index (χ2n) is 3.22. The molecule has 0 aromatic carbocycles. The van der Waals surface area contributed by atoms with Crippen molar-refractivity contribution in [1.29, 1.82) is 0 Å². The van der Waals surface area contributed by atoms with Crippen molar-refractivity contribution in [1.82, 2.24) is 4.98 Å². The quantitative estimate of drug-likeness (QED) is 0.535. The summed E-state index contributed by atoms with van der Waals surface area (Å²) < 4.78 is 0. The third kappa shape index (κ3) is 1.30. The Balaban J connectivity index is 2.42. The van der Waals surface area contributed by atoms with Crippen LogP contribution in [0.15, 0.2) is 12.3 Å². The summed E-state index contributed by atoms with van der Waals surface area (Å²) in [6, 6.07) is 2.06. The highest BCUT2D eigenvalue weighted by atomic mass is 14.7. The van der Waals surface area contributed by atoms with E-state index >= 15 is 0 Å². The molecule has 0 spiro atoms. The third-order valence-electron chi connectivity index (χ3n) is 2.16. The Kier molecular flexibility index (Phi) is 1.48. The van der Waals surface area contributed by atoms with E-state index < -0.39 is 0 Å². The molecule has 1 saturated carbocycles. The fourth-order valence-corrected chi connectivity index (χ4v) is 1.37. The number of nitrogens with zero attached hydrogens (tertiary/aromatic N) is 1. The first kappa shape index (κ1) is 6.90. The van der Waals surface area contributed by atoms with Gasteiger partial charge < -0.3 is 0 Å². The minimum absolute atomic E-state index is 0.756. The molecule has 0 amide bonds. The largest absolute Gasteiger partial charge is 0.262 e. The van der Waals surface area contributed by atoms with E-state index in [-0.39, 0.29) is 0 Å². The van der Waals surface area contributed by atoms with Crippen LogP contribution in [0.4, 0.5) is 0 Å². The lowest BCUT2D eigenvalue weighted by Crippen LogP contribution is -2.06. The van der Waals surface area contributed by atoms with Crippen LogP contribution >= 0.6 is 0 Å². The summed E-state index contributed by atoms with van der Waals surface area (Å²) in [6.45, 7) is 2.05. The summed E-state index contributed by atoms with van der Waals surface area (Å²) >= 11 is 0. The summed E-state index contributed by atoms with van der Waals surface area (Å²) in [7, 11) is 5.63. The van der Waals surface area contributed by atoms with E-state index in [0.717, 1.165) is 17.1 Å². The van der Waals surface area contributed by atoms with E-state index in [0.29, 0.717) is 0 Å². The molecular formula is C9H10BN. The Labute approximate surface area is 68.3 Å². The lowest BCUT2D eigenvalue weighted by Gasteiger charge is -2.03. The highest BCUT2D eigenvalue weighted by Crippen LogP contribution is 2.40. The maximum atomic E-state index is 5.63. The van der Waals surface area contributed by atoms with Gasteiger partial charge in [0.1, 0.15) is 7.85 Å². The lowest BCUT2D eigenvalue weighted by molar-refractivity contribution is 1.04. The molecule has 2 rings (SSSR count). The van der Waals surface area contributed by atoms with Crippen molar-refractivity contribution in [3.8, 4) is 0 Å². The lowest BCUT2D eigenvalue weighted by atomic mass is 9.95. The highest BCUT2D eigenvalue weighted by molar-refractivity contribution is 6.32. The van der Waals surface area contributed by atoms with E-state index in [1.807, 2.05) is 6.92 Å². The molecule has 1 aliphatic rings. The Morgan fingerprint density at radius 3 is 2.91 bits per heavy atom. The first-order chi connectivity index (χ1) is 5.27. The van der Waals surface area contributed by atoms with Crippen molar-refractivity contribution in [2.75, 3.05) is 0 Å². The molecule has 2 heteroatoms. The average Bonchev–Trinajstić information content (AvgIpc) is 2.76. The minimum Gasteiger partial charge on any atom is -0.262 e. The van der Waals surface area contributed by atoms with Crippen molar-refractivity contribution in [2.45, 2.75) is 25.7 Å². The molecular weight excluding hydrogens is 133 g/mol. The minimum atomic E-state index is 0.756. The molecule has 2 radical (unpaired) electrons. The maximum absolute atomic E-state index is 5.63. The third-order valence-corrected chi connectivity index (χ3v) is 2.16. The topological polar surface area (TPSA) is 12.9 Å². The zero-order valence-corrected chi connectivity index (χ0v) is 6.67. The van der Waals surface area contributed by atoms with Gasteiger partial charge in [0.25, 0.3) is 0 Å². The van der Waals surface area contributed by atoms with Crippen molar-refractivity contribution < 1.29 is 0 Å². The van der Waals surface area contributed by atoms with Crippen LogP contribution in [0, 0.1) is 6.92 Å². The van der Waals surface area contributed by atoms with Gasteiger partial charge in [0.2, 0.25) is 0 Å². The number of aromatic nitrogens is 1. The maximum Gasteiger partial charge on any atom is 0.115 e. The summed E-state index contributed by atoms with van der Waals surface area (Å²) in [6.07, 6.45) is 4.35. The first-order valence-corrected chi connectivity index (χ1v) is 3.99. The van der Waals surface area contributed by atoms with Crippen LogP contribution in [0.3, 0.4) is 0 Å². The van der Waals surface area contributed by atoms with Gasteiger partial charge in [-0.1, -0.05) is 11.5 Å². The Bertz CT molecular complexity index is 279. The molecule has 1 heterocycles. The van der Waals surface area contributed by atoms with Crippen LogP contribution in [0.1, 0.15) is 30.0 Å². The van der Waals surface area contributed by atoms with Crippen molar-refractivity contribution in [3.05, 3.63) is 23.5 Å². The van der Waals surface area contributed by atoms with Crippen LogP contribution in [0.2, 0.25) is 0 Å². The van der Waals surface area contributed by atoms with E-state index in [2.05, 4.69) is 11.1 Å². The van der Waals surface area contributed by atoms with Crippen LogP contribution in [0.25, 0.3) is 0 Å². The fourth-order valence-electron chi connectivity index (χ4n) is 1.37. The second-order valence-corrected chi connectivity index (χ2v) is 3.22. The SMILES string of the molecule is [B]c1cnc(C)c(C2CC2)c1. The Hall–Kier alpha value is -0.785. The van der Waals surface area contributed by atoms with Gasteiger partial charge in [-0.3, -0.25) is 4.98 Å². The highest BCUT2D eigenvalue weighted by Gasteiger charge is 2.25. The van der Waals surface area contributed by atoms with Crippen LogP contribution in [-0.2, 0) is 0 Å². The van der Waals surface area contributed by atoms with E-state index in [1.54, 1.807) is 6.20 Å². The normalized spacial score (nSPS) is 16.8. The monoisotopic (exact) mass is 143 g/mol. The van der Waals surface area contributed by atoms with Gasteiger partial charge >= 0.3 is 0 Å². The molecule has 1 aliphatic carbocycles. The fraction of sp³-hybridized carbons (Fsp3) is 0.444. The Morgan fingerprint density at radius 2 is 2.27 bits per heavy atom. The molecule has 1 aromatic heterocycles. The summed E-state index contributed by atoms with van der Waals surface area (Å²) in [5, 5.41) is 0. The molecule has 1 fully saturated rings. The van der Waals surface area contributed by atoms with E-state index in [1.165, 1.54) is 18.4 Å². The summed E-state index contributed by atoms with van der Waals surface area (Å²) in [5.41, 5.74) is 3.28. The molecule has 0 saturated heterocycles. The standard InChI is InChI=1S/C9H10BN/c1-6-9(7-2-3-7)4-8(10)5-11-6/h4-5,7H,2-3H2,1H3. The smallest absolute Gasteiger partial charge is 0.115 e. The van der Waals surface area contributed by atoms with Crippen molar-refractivity contribution in [2.24, 2.45) is 0 Å². The molecule has 1 nitrogen and oxygen atoms in total. The molecule has 11 heavy (non-hydrogen) atoms. The van der Waals surface area contributed by atoms with Gasteiger partial charge in [-0.05, 0) is 31.2 Å². The molecule has 0 atom stereocenters. The molecule has 0 aliphatic heterocycles. The van der Waals surface area contributed by atoms with Gasteiger partial charge in [-0.25, -0.2) is 0 Å². The predicted molar refractivity (Wildman–Crippen MR) is 46.3 cm³/mol. The molecule has 0 N–H and O–H groups in total. The molecule has 54 valence electrons. The van der Waals surface area contributed by atoms with E-state index in [4.69, 9.17) is 7.85 Å². The molecule has 0 bridgehead atoms. The van der Waals surface area contributed by atoms with Gasteiger partial charge in [0.05, 0.1) is 0 Å². The first-order valence-electron chi connectivity index (χ1n) is 3.99. The number of pyridine rings is 1. The second kappa shape index (κ2) is 2.37. The van der Waals surface area contributed by atoms with Gasteiger partial charge in [0.15, 0.2) is 0 Å². The van der Waals surface area contributed by atoms with Gasteiger partial charge in [-0.15, -0.1) is 0 Å². The van der Waals surface area contributed by atoms with Crippen LogP contribution in [0.5, 0.6) is 0 Å². The van der Waals surface area contributed by atoms with Crippen molar-refractivity contribution in [3.63, 3.8) is 0 Å². The molecule has 0 unspecified atom stereocenters. The molecule has 1 aromatic rings. The number of hydrogen-bond acceptors (Lipinski definition) is 1. The van der Waals surface area contributed by atoms with Crippen LogP contribution < -0.4 is 5.46 Å². The summed E-state index contributed by atoms with van der Waals surface area (Å²) in [5.74, 6) is 0.756. The van der Waals surface area contributed by atoms with E-state index in [9.17, 15) is 0 Å². The number of rotatable bonds is 1. The Morgan fingerprint density at radius 1 is 1.55 bits per heavy atom.